The van der Waals surface area contributed by atoms with Crippen LogP contribution in [0.15, 0.2) is 0 Å². The van der Waals surface area contributed by atoms with Crippen molar-refractivity contribution in [2.24, 2.45) is 17.6 Å². The topological polar surface area (TPSA) is 58.8 Å². The SMILES string of the molecule is CN1CC(CN)C2CN(C(=O)OC(C)(C)C)CC21. The van der Waals surface area contributed by atoms with Crippen LogP contribution in [0.4, 0.5) is 4.79 Å². The third-order valence-electron chi connectivity index (χ3n) is 3.98. The third kappa shape index (κ3) is 2.62. The lowest BCUT2D eigenvalue weighted by molar-refractivity contribution is 0.0270. The van der Waals surface area contributed by atoms with E-state index in [0.717, 1.165) is 19.6 Å². The number of carbonyl (C=O) groups excluding carboxylic acids is 1. The molecule has 0 bridgehead atoms. The molecule has 1 amide bonds. The minimum atomic E-state index is -0.423. The fourth-order valence-electron chi connectivity index (χ4n) is 3.11. The number of hydrogen-bond acceptors (Lipinski definition) is 4. The smallest absolute Gasteiger partial charge is 0.410 e. The second-order valence-corrected chi connectivity index (χ2v) is 6.55. The summed E-state index contributed by atoms with van der Waals surface area (Å²) in [4.78, 5) is 16.2. The van der Waals surface area contributed by atoms with Crippen LogP contribution in [-0.4, -0.2) is 60.8 Å². The Kier molecular flexibility index (Phi) is 3.56. The van der Waals surface area contributed by atoms with E-state index in [-0.39, 0.29) is 6.09 Å². The number of carbonyl (C=O) groups is 1. The zero-order valence-electron chi connectivity index (χ0n) is 11.8. The first-order valence-corrected chi connectivity index (χ1v) is 6.70. The molecule has 0 saturated carbocycles. The van der Waals surface area contributed by atoms with Gasteiger partial charge < -0.3 is 20.3 Å². The maximum absolute atomic E-state index is 12.0. The van der Waals surface area contributed by atoms with E-state index in [2.05, 4.69) is 11.9 Å². The molecule has 2 aliphatic rings. The van der Waals surface area contributed by atoms with Crippen molar-refractivity contribution in [3.05, 3.63) is 0 Å². The highest BCUT2D eigenvalue weighted by atomic mass is 16.6. The number of hydrogen-bond donors (Lipinski definition) is 1. The summed E-state index contributed by atoms with van der Waals surface area (Å²) in [5.41, 5.74) is 5.39. The molecule has 0 radical (unpaired) electrons. The van der Waals surface area contributed by atoms with Gasteiger partial charge in [0, 0.05) is 25.7 Å². The van der Waals surface area contributed by atoms with Crippen LogP contribution in [0.1, 0.15) is 20.8 Å². The Morgan fingerprint density at radius 3 is 2.56 bits per heavy atom. The molecule has 0 aliphatic carbocycles. The van der Waals surface area contributed by atoms with E-state index in [1.54, 1.807) is 0 Å². The molecule has 0 aromatic carbocycles. The monoisotopic (exact) mass is 255 g/mol. The molecule has 3 atom stereocenters. The van der Waals surface area contributed by atoms with Crippen molar-refractivity contribution in [1.29, 1.82) is 0 Å². The maximum atomic E-state index is 12.0. The number of rotatable bonds is 1. The molecule has 2 saturated heterocycles. The standard InChI is InChI=1S/C13H25N3O2/c1-13(2,3)18-12(17)16-7-10-9(5-14)6-15(4)11(10)8-16/h9-11H,5-8,14H2,1-4H3. The lowest BCUT2D eigenvalue weighted by Crippen LogP contribution is -2.39. The van der Waals surface area contributed by atoms with E-state index in [0.29, 0.717) is 24.4 Å². The minimum absolute atomic E-state index is 0.193. The molecule has 3 unspecified atom stereocenters. The summed E-state index contributed by atoms with van der Waals surface area (Å²) >= 11 is 0. The van der Waals surface area contributed by atoms with E-state index in [4.69, 9.17) is 10.5 Å². The molecule has 0 spiro atoms. The fourth-order valence-corrected chi connectivity index (χ4v) is 3.11. The lowest BCUT2D eigenvalue weighted by atomic mass is 9.93. The summed E-state index contributed by atoms with van der Waals surface area (Å²) in [5, 5.41) is 0. The first-order valence-electron chi connectivity index (χ1n) is 6.70. The number of amides is 1. The van der Waals surface area contributed by atoms with E-state index >= 15 is 0 Å². The molecule has 5 nitrogen and oxygen atoms in total. The Balaban J connectivity index is 1.98. The van der Waals surface area contributed by atoms with Gasteiger partial charge >= 0.3 is 6.09 Å². The first-order chi connectivity index (χ1) is 8.31. The van der Waals surface area contributed by atoms with Crippen LogP contribution in [0.25, 0.3) is 0 Å². The van der Waals surface area contributed by atoms with Crippen molar-refractivity contribution in [3.63, 3.8) is 0 Å². The molecule has 5 heteroatoms. The molecular weight excluding hydrogens is 230 g/mol. The third-order valence-corrected chi connectivity index (χ3v) is 3.98. The number of fused-ring (bicyclic) bond motifs is 1. The summed E-state index contributed by atoms with van der Waals surface area (Å²) in [6, 6.07) is 0.450. The highest BCUT2D eigenvalue weighted by Crippen LogP contribution is 2.34. The average Bonchev–Trinajstić information content (AvgIpc) is 2.77. The van der Waals surface area contributed by atoms with Crippen molar-refractivity contribution < 1.29 is 9.53 Å². The quantitative estimate of drug-likeness (QED) is 0.751. The molecular formula is C13H25N3O2. The van der Waals surface area contributed by atoms with Gasteiger partial charge in [-0.05, 0) is 46.2 Å². The van der Waals surface area contributed by atoms with Crippen LogP contribution >= 0.6 is 0 Å². The molecule has 2 fully saturated rings. The number of nitrogens with two attached hydrogens (primary N) is 1. The molecule has 0 aromatic heterocycles. The van der Waals surface area contributed by atoms with Crippen LogP contribution < -0.4 is 5.73 Å². The van der Waals surface area contributed by atoms with Crippen molar-refractivity contribution in [2.75, 3.05) is 33.2 Å². The molecule has 0 aromatic rings. The second-order valence-electron chi connectivity index (χ2n) is 6.55. The van der Waals surface area contributed by atoms with Gasteiger partial charge in [0.05, 0.1) is 0 Å². The number of likely N-dealkylation sites (tertiary alicyclic amines) is 2. The summed E-state index contributed by atoms with van der Waals surface area (Å²) < 4.78 is 5.43. The summed E-state index contributed by atoms with van der Waals surface area (Å²) in [5.74, 6) is 1.01. The second kappa shape index (κ2) is 4.70. The first kappa shape index (κ1) is 13.6. The van der Waals surface area contributed by atoms with Gasteiger partial charge in [0.25, 0.3) is 0 Å². The minimum Gasteiger partial charge on any atom is -0.444 e. The summed E-state index contributed by atoms with van der Waals surface area (Å²) in [6.45, 7) is 9.00. The van der Waals surface area contributed by atoms with Gasteiger partial charge in [0.15, 0.2) is 0 Å². The van der Waals surface area contributed by atoms with Crippen molar-refractivity contribution in [1.82, 2.24) is 9.80 Å². The number of likely N-dealkylation sites (N-methyl/N-ethyl adjacent to an activating group) is 1. The van der Waals surface area contributed by atoms with Gasteiger partial charge in [-0.15, -0.1) is 0 Å². The zero-order chi connectivity index (χ0) is 13.5. The summed E-state index contributed by atoms with van der Waals surface area (Å²) in [7, 11) is 2.12. The molecule has 2 rings (SSSR count). The van der Waals surface area contributed by atoms with E-state index < -0.39 is 5.60 Å². The predicted octanol–water partition coefficient (Wildman–Crippen LogP) is 0.742. The molecule has 2 N–H and O–H groups in total. The number of ether oxygens (including phenoxy) is 1. The Hall–Kier alpha value is -0.810. The average molecular weight is 255 g/mol. The lowest BCUT2D eigenvalue weighted by Gasteiger charge is -2.26. The Labute approximate surface area is 109 Å². The molecule has 2 aliphatic heterocycles. The van der Waals surface area contributed by atoms with Gasteiger partial charge in [-0.1, -0.05) is 0 Å². The van der Waals surface area contributed by atoms with E-state index in [1.165, 1.54) is 0 Å². The molecule has 2 heterocycles. The Bertz CT molecular complexity index is 327. The highest BCUT2D eigenvalue weighted by molar-refractivity contribution is 5.68. The predicted molar refractivity (Wildman–Crippen MR) is 70.3 cm³/mol. The van der Waals surface area contributed by atoms with Crippen LogP contribution in [0, 0.1) is 11.8 Å². The Morgan fingerprint density at radius 1 is 1.33 bits per heavy atom. The Morgan fingerprint density at radius 2 is 2.00 bits per heavy atom. The fraction of sp³-hybridized carbons (Fsp3) is 0.923. The van der Waals surface area contributed by atoms with Crippen LogP contribution in [0.2, 0.25) is 0 Å². The van der Waals surface area contributed by atoms with Gasteiger partial charge in [-0.2, -0.15) is 0 Å². The molecule has 104 valence electrons. The van der Waals surface area contributed by atoms with Crippen molar-refractivity contribution in [3.8, 4) is 0 Å². The maximum Gasteiger partial charge on any atom is 0.410 e. The van der Waals surface area contributed by atoms with Crippen LogP contribution in [-0.2, 0) is 4.74 Å². The van der Waals surface area contributed by atoms with E-state index in [9.17, 15) is 4.79 Å². The zero-order valence-corrected chi connectivity index (χ0v) is 11.8. The van der Waals surface area contributed by atoms with Crippen molar-refractivity contribution in [2.45, 2.75) is 32.4 Å². The highest BCUT2D eigenvalue weighted by Gasteiger charge is 2.47. The van der Waals surface area contributed by atoms with Crippen molar-refractivity contribution >= 4 is 6.09 Å². The van der Waals surface area contributed by atoms with Gasteiger partial charge in [-0.25, -0.2) is 4.79 Å². The van der Waals surface area contributed by atoms with Gasteiger partial charge in [0.2, 0.25) is 0 Å². The summed E-state index contributed by atoms with van der Waals surface area (Å²) in [6.07, 6.45) is -0.193. The van der Waals surface area contributed by atoms with Gasteiger partial charge in [0.1, 0.15) is 5.60 Å². The van der Waals surface area contributed by atoms with E-state index in [1.807, 2.05) is 25.7 Å². The van der Waals surface area contributed by atoms with Crippen LogP contribution in [0.5, 0.6) is 0 Å². The largest absolute Gasteiger partial charge is 0.444 e. The van der Waals surface area contributed by atoms with Gasteiger partial charge in [-0.3, -0.25) is 0 Å². The molecule has 18 heavy (non-hydrogen) atoms. The number of nitrogens with zero attached hydrogens (tertiary/aromatic N) is 2. The van der Waals surface area contributed by atoms with Crippen LogP contribution in [0.3, 0.4) is 0 Å². The normalized spacial score (nSPS) is 32.7.